The van der Waals surface area contributed by atoms with Gasteiger partial charge in [-0.1, -0.05) is 12.1 Å². The summed E-state index contributed by atoms with van der Waals surface area (Å²) in [4.78, 5) is 34.9. The van der Waals surface area contributed by atoms with Gasteiger partial charge >= 0.3 is 0 Å². The minimum atomic E-state index is -4.09. The first-order valence-electron chi connectivity index (χ1n) is 16.0. The molecule has 0 atom stereocenters. The number of rotatable bonds is 9. The number of nitrogens with zero attached hydrogens (tertiary/aromatic N) is 4. The normalized spacial score (nSPS) is 18.6. The number of hydroxylamine groups is 1. The van der Waals surface area contributed by atoms with Crippen molar-refractivity contribution in [3.8, 4) is 0 Å². The summed E-state index contributed by atoms with van der Waals surface area (Å²) in [5.74, 6) is -0.673. The van der Waals surface area contributed by atoms with Gasteiger partial charge in [0.2, 0.25) is 5.91 Å². The van der Waals surface area contributed by atoms with Gasteiger partial charge in [-0.25, -0.2) is 13.9 Å². The van der Waals surface area contributed by atoms with Crippen LogP contribution in [-0.4, -0.2) is 113 Å². The van der Waals surface area contributed by atoms with Crippen LogP contribution in [0.1, 0.15) is 36.8 Å². The molecule has 48 heavy (non-hydrogen) atoms. The number of anilines is 2. The number of piperidine rings is 2. The Morgan fingerprint density at radius 1 is 0.875 bits per heavy atom. The molecule has 0 aromatic heterocycles. The van der Waals surface area contributed by atoms with Crippen molar-refractivity contribution in [1.82, 2.24) is 15.3 Å². The average molecular weight is 751 g/mol. The van der Waals surface area contributed by atoms with E-state index in [0.29, 0.717) is 39.3 Å². The fourth-order valence-corrected chi connectivity index (χ4v) is 8.98. The number of nitrogens with one attached hydrogen (secondary N) is 1. The van der Waals surface area contributed by atoms with Gasteiger partial charge in [-0.05, 0) is 81.0 Å². The van der Waals surface area contributed by atoms with E-state index in [1.165, 1.54) is 16.8 Å². The molecule has 3 aliphatic rings. The summed E-state index contributed by atoms with van der Waals surface area (Å²) in [6.45, 7) is 10.8. The van der Waals surface area contributed by atoms with Crippen molar-refractivity contribution in [3.63, 3.8) is 0 Å². The second-order valence-corrected chi connectivity index (χ2v) is 14.8. The maximum atomic E-state index is 13.8. The lowest BCUT2D eigenvalue weighted by Crippen LogP contribution is -2.58. The van der Waals surface area contributed by atoms with E-state index in [-0.39, 0.29) is 66.8 Å². The predicted molar refractivity (Wildman–Crippen MR) is 195 cm³/mol. The molecule has 270 valence electrons. The number of carbonyl (C=O) groups is 2. The number of carbonyl (C=O) groups excluding carboxylic acids is 2. The topological polar surface area (TPSA) is 123 Å². The molecule has 2 amide bonds. The second-order valence-electron chi connectivity index (χ2n) is 12.6. The number of benzene rings is 2. The molecule has 0 aliphatic carbocycles. The lowest BCUT2D eigenvalue weighted by Gasteiger charge is -2.40. The van der Waals surface area contributed by atoms with Crippen LogP contribution in [0.2, 0.25) is 0 Å². The van der Waals surface area contributed by atoms with Gasteiger partial charge in [-0.2, -0.15) is 0 Å². The molecule has 3 fully saturated rings. The standard InChI is InChI=1S/C33H47N5O6S.3ClH/c1-25-5-4-6-30(26(25)2)37-19-21-38(22-20-37)31(39)27-11-15-36(16-12-27)28-7-9-29(10-8-28)45(42,43)33(32(40)34-41)13-17-35(18-14-33)23-24-44-3;;;/h4-10,27,41H,11-24H2,1-3H3,(H,34,40);3*1H. The zero-order valence-corrected chi connectivity index (χ0v) is 31.2. The van der Waals surface area contributed by atoms with E-state index in [4.69, 9.17) is 4.74 Å². The molecular formula is C33H50Cl3N5O6S. The number of aryl methyl sites for hydroxylation is 1. The molecule has 11 nitrogen and oxygen atoms in total. The smallest absolute Gasteiger partial charge is 0.265 e. The third kappa shape index (κ3) is 8.51. The number of hydrogen-bond donors (Lipinski definition) is 2. The SMILES string of the molecule is COCCN1CCC(C(=O)NO)(S(=O)(=O)c2ccc(N3CCC(C(=O)N4CCN(c5cccc(C)c5C)CC4)CC3)cc2)CC1.Cl.Cl.Cl. The van der Waals surface area contributed by atoms with Crippen LogP contribution in [0, 0.1) is 19.8 Å². The minimum absolute atomic E-state index is 0. The molecule has 3 heterocycles. The Bertz CT molecular complexity index is 1460. The van der Waals surface area contributed by atoms with Gasteiger partial charge in [-0.15, -0.1) is 37.2 Å². The molecule has 15 heteroatoms. The first kappa shape index (κ1) is 41.8. The summed E-state index contributed by atoms with van der Waals surface area (Å²) in [6, 6.07) is 13.1. The number of ether oxygens (including phenoxy) is 1. The van der Waals surface area contributed by atoms with Crippen molar-refractivity contribution in [1.29, 1.82) is 0 Å². The quantitative estimate of drug-likeness (QED) is 0.291. The van der Waals surface area contributed by atoms with Crippen molar-refractivity contribution in [2.75, 3.05) is 82.4 Å². The van der Waals surface area contributed by atoms with E-state index < -0.39 is 20.5 Å². The van der Waals surface area contributed by atoms with E-state index in [2.05, 4.69) is 46.7 Å². The molecule has 2 aromatic carbocycles. The molecule has 3 aliphatic heterocycles. The third-order valence-corrected chi connectivity index (χ3v) is 12.7. The first-order valence-corrected chi connectivity index (χ1v) is 17.4. The fourth-order valence-electron chi connectivity index (χ4n) is 7.03. The number of methoxy groups -OCH3 is 1. The van der Waals surface area contributed by atoms with Gasteiger partial charge in [0.25, 0.3) is 5.91 Å². The van der Waals surface area contributed by atoms with E-state index in [0.717, 1.165) is 44.7 Å². The van der Waals surface area contributed by atoms with Crippen molar-refractivity contribution < 1.29 is 28.0 Å². The molecule has 0 unspecified atom stereocenters. The van der Waals surface area contributed by atoms with Crippen LogP contribution in [0.15, 0.2) is 47.4 Å². The highest BCUT2D eigenvalue weighted by Crippen LogP contribution is 2.37. The van der Waals surface area contributed by atoms with Crippen molar-refractivity contribution in [2.45, 2.75) is 49.2 Å². The summed E-state index contributed by atoms with van der Waals surface area (Å²) in [5, 5.41) is 9.47. The average Bonchev–Trinajstić information content (AvgIpc) is 3.08. The molecule has 0 spiro atoms. The Labute approximate surface area is 303 Å². The van der Waals surface area contributed by atoms with Crippen LogP contribution in [0.25, 0.3) is 0 Å². The number of hydrogen-bond acceptors (Lipinski definition) is 9. The third-order valence-electron chi connectivity index (χ3n) is 10.2. The number of likely N-dealkylation sites (tertiary alicyclic amines) is 1. The second kappa shape index (κ2) is 18.1. The Kier molecular flexibility index (Phi) is 15.8. The zero-order valence-electron chi connectivity index (χ0n) is 27.9. The highest BCUT2D eigenvalue weighted by molar-refractivity contribution is 7.93. The number of sulfone groups is 1. The summed E-state index contributed by atoms with van der Waals surface area (Å²) < 4.78 is 31.1. The number of amides is 2. The lowest BCUT2D eigenvalue weighted by molar-refractivity contribution is -0.136. The fraction of sp³-hybridized carbons (Fsp3) is 0.576. The van der Waals surface area contributed by atoms with Gasteiger partial charge < -0.3 is 24.3 Å². The maximum absolute atomic E-state index is 13.8. The number of piperazine rings is 1. The Balaban J connectivity index is 0.00000267. The molecule has 0 saturated carbocycles. The largest absolute Gasteiger partial charge is 0.383 e. The van der Waals surface area contributed by atoms with Crippen LogP contribution >= 0.6 is 37.2 Å². The Hall–Kier alpha value is -2.32. The summed E-state index contributed by atoms with van der Waals surface area (Å²) in [6.07, 6.45) is 1.65. The van der Waals surface area contributed by atoms with Crippen LogP contribution in [-0.2, 0) is 24.2 Å². The van der Waals surface area contributed by atoms with Gasteiger partial charge in [0.1, 0.15) is 0 Å². The van der Waals surface area contributed by atoms with Crippen molar-refractivity contribution in [3.05, 3.63) is 53.6 Å². The first-order chi connectivity index (χ1) is 21.6. The van der Waals surface area contributed by atoms with Crippen LogP contribution < -0.4 is 15.3 Å². The zero-order chi connectivity index (χ0) is 32.2. The molecule has 3 saturated heterocycles. The van der Waals surface area contributed by atoms with E-state index in [1.807, 2.05) is 4.90 Å². The highest BCUT2D eigenvalue weighted by atomic mass is 35.5. The van der Waals surface area contributed by atoms with Crippen molar-refractivity contribution in [2.24, 2.45) is 5.92 Å². The number of halogens is 3. The van der Waals surface area contributed by atoms with Crippen LogP contribution in [0.4, 0.5) is 11.4 Å². The van der Waals surface area contributed by atoms with E-state index >= 15 is 0 Å². The van der Waals surface area contributed by atoms with Gasteiger partial charge in [0, 0.05) is 83.3 Å². The van der Waals surface area contributed by atoms with Crippen LogP contribution in [0.3, 0.4) is 0 Å². The molecule has 0 radical (unpaired) electrons. The Morgan fingerprint density at radius 2 is 1.48 bits per heavy atom. The van der Waals surface area contributed by atoms with Gasteiger partial charge in [-0.3, -0.25) is 14.8 Å². The maximum Gasteiger partial charge on any atom is 0.265 e. The molecule has 0 bridgehead atoms. The van der Waals surface area contributed by atoms with Crippen molar-refractivity contribution >= 4 is 70.2 Å². The van der Waals surface area contributed by atoms with Gasteiger partial charge in [0.15, 0.2) is 14.6 Å². The van der Waals surface area contributed by atoms with E-state index in [1.54, 1.807) is 36.9 Å². The van der Waals surface area contributed by atoms with Gasteiger partial charge in [0.05, 0.1) is 11.5 Å². The van der Waals surface area contributed by atoms with E-state index in [9.17, 15) is 23.2 Å². The summed E-state index contributed by atoms with van der Waals surface area (Å²) in [5.41, 5.74) is 6.34. The lowest BCUT2D eigenvalue weighted by atomic mass is 9.94. The van der Waals surface area contributed by atoms with Crippen LogP contribution in [0.5, 0.6) is 0 Å². The minimum Gasteiger partial charge on any atom is -0.383 e. The molecule has 2 N–H and O–H groups in total. The molecule has 2 aromatic rings. The summed E-state index contributed by atoms with van der Waals surface area (Å²) >= 11 is 0. The Morgan fingerprint density at radius 3 is 2.04 bits per heavy atom. The molecule has 5 rings (SSSR count). The predicted octanol–water partition coefficient (Wildman–Crippen LogP) is 3.89. The summed E-state index contributed by atoms with van der Waals surface area (Å²) in [7, 11) is -2.48. The monoisotopic (exact) mass is 749 g/mol. The molecular weight excluding hydrogens is 701 g/mol. The highest BCUT2D eigenvalue weighted by Gasteiger charge is 2.53.